The molecule has 8 nitrogen and oxygen atoms in total. The fourth-order valence-corrected chi connectivity index (χ4v) is 0.965. The van der Waals surface area contributed by atoms with E-state index in [1.807, 2.05) is 0 Å². The maximum absolute atomic E-state index is 13.5. The molecule has 0 bridgehead atoms. The lowest BCUT2D eigenvalue weighted by molar-refractivity contribution is -0.411. The zero-order valence-corrected chi connectivity index (χ0v) is 18.7. The minimum absolute atomic E-state index is 0.206. The molecule has 218 valence electrons. The SMILES string of the molecule is COCOC(F)(F)C(C)(F)OCOC(C)(F)C(C)(F)F.FC(F)=C(F)OCOC(F)=C(F)F.OCO. The standard InChI is InChI=1S/C10H16F6O4.C5H2F6O2.CH4O2/c1-7(11,12)8(2,13)18-6-19-9(3,14)10(15,16)20-5-17-4;6-2(7)4(10)12-1-13-5(11)3(8)9;2-1-3/h5-6H2,1-4H3;1H2;2-3H,1H2. The third-order valence-corrected chi connectivity index (χ3v) is 2.99. The van der Waals surface area contributed by atoms with Gasteiger partial charge < -0.3 is 33.9 Å². The van der Waals surface area contributed by atoms with E-state index in [2.05, 4.69) is 28.4 Å². The number of alkyl halides is 6. The Bertz CT molecular complexity index is 636. The van der Waals surface area contributed by atoms with E-state index in [-0.39, 0.29) is 13.8 Å². The Morgan fingerprint density at radius 1 is 0.611 bits per heavy atom. The summed E-state index contributed by atoms with van der Waals surface area (Å²) in [4.78, 5) is 0. The Balaban J connectivity index is -0.000000584. The highest BCUT2D eigenvalue weighted by Gasteiger charge is 2.55. The lowest BCUT2D eigenvalue weighted by Crippen LogP contribution is -2.48. The van der Waals surface area contributed by atoms with E-state index in [9.17, 15) is 52.7 Å². The van der Waals surface area contributed by atoms with Gasteiger partial charge in [0.05, 0.1) is 0 Å². The van der Waals surface area contributed by atoms with Crippen LogP contribution in [0.1, 0.15) is 20.8 Å². The quantitative estimate of drug-likeness (QED) is 0.178. The van der Waals surface area contributed by atoms with Crippen LogP contribution in [0.3, 0.4) is 0 Å². The van der Waals surface area contributed by atoms with Crippen molar-refractivity contribution in [3.05, 3.63) is 24.2 Å². The molecule has 2 unspecified atom stereocenters. The smallest absolute Gasteiger partial charge is 0.416 e. The van der Waals surface area contributed by atoms with Crippen LogP contribution in [0.4, 0.5) is 52.7 Å². The molecule has 0 aliphatic heterocycles. The van der Waals surface area contributed by atoms with Gasteiger partial charge in [-0.15, -0.1) is 0 Å². The molecule has 0 saturated carbocycles. The number of methoxy groups -OCH3 is 1. The van der Waals surface area contributed by atoms with E-state index in [1.165, 1.54) is 0 Å². The van der Waals surface area contributed by atoms with Gasteiger partial charge in [-0.2, -0.15) is 35.1 Å². The Morgan fingerprint density at radius 3 is 1.28 bits per heavy atom. The van der Waals surface area contributed by atoms with Gasteiger partial charge in [-0.25, -0.2) is 17.6 Å². The molecule has 0 saturated heterocycles. The Kier molecular flexibility index (Phi) is 18.7. The van der Waals surface area contributed by atoms with E-state index >= 15 is 0 Å². The topological polar surface area (TPSA) is 95.8 Å². The van der Waals surface area contributed by atoms with Gasteiger partial charge in [0, 0.05) is 27.9 Å². The summed E-state index contributed by atoms with van der Waals surface area (Å²) in [7, 11) is 1.02. The molecule has 2 N–H and O–H groups in total. The molecular formula is C16H22F12O8. The summed E-state index contributed by atoms with van der Waals surface area (Å²) in [5, 5.41) is 14.2. The van der Waals surface area contributed by atoms with Crippen molar-refractivity contribution in [1.29, 1.82) is 0 Å². The maximum atomic E-state index is 13.5. The number of halogens is 12. The highest BCUT2D eigenvalue weighted by molar-refractivity contribution is 4.82. The van der Waals surface area contributed by atoms with E-state index < -0.39 is 75.1 Å². The summed E-state index contributed by atoms with van der Waals surface area (Å²) >= 11 is 0. The van der Waals surface area contributed by atoms with Gasteiger partial charge in [0.2, 0.25) is 6.79 Å². The van der Waals surface area contributed by atoms with Crippen molar-refractivity contribution in [2.75, 3.05) is 34.3 Å². The third kappa shape index (κ3) is 16.6. The van der Waals surface area contributed by atoms with Crippen molar-refractivity contribution >= 4 is 0 Å². The molecule has 36 heavy (non-hydrogen) atoms. The fraction of sp³-hybridized carbons (Fsp3) is 0.750. The minimum Gasteiger partial charge on any atom is -0.429 e. The summed E-state index contributed by atoms with van der Waals surface area (Å²) in [5.74, 6) is -11.2. The van der Waals surface area contributed by atoms with E-state index in [1.54, 1.807) is 0 Å². The van der Waals surface area contributed by atoms with Crippen LogP contribution in [0.5, 0.6) is 0 Å². The predicted octanol–water partition coefficient (Wildman–Crippen LogP) is 5.19. The fourth-order valence-electron chi connectivity index (χ4n) is 0.965. The molecule has 0 amide bonds. The first-order chi connectivity index (χ1) is 16.1. The van der Waals surface area contributed by atoms with Gasteiger partial charge in [-0.1, -0.05) is 0 Å². The second kappa shape index (κ2) is 17.5. The summed E-state index contributed by atoms with van der Waals surface area (Å²) in [6, 6.07) is -4.63. The molecule has 0 aliphatic rings. The average Bonchev–Trinajstić information content (AvgIpc) is 2.71. The first-order valence-electron chi connectivity index (χ1n) is 8.56. The van der Waals surface area contributed by atoms with Crippen LogP contribution in [0, 0.1) is 0 Å². The van der Waals surface area contributed by atoms with Gasteiger partial charge in [0.15, 0.2) is 13.6 Å². The number of hydrogen-bond donors (Lipinski definition) is 2. The highest BCUT2D eigenvalue weighted by atomic mass is 19.3. The second-order valence-corrected chi connectivity index (χ2v) is 5.81. The van der Waals surface area contributed by atoms with Gasteiger partial charge in [0.25, 0.3) is 11.7 Å². The Labute approximate surface area is 195 Å². The summed E-state index contributed by atoms with van der Waals surface area (Å²) in [5.41, 5.74) is 0. The van der Waals surface area contributed by atoms with Crippen LogP contribution in [-0.2, 0) is 28.4 Å². The van der Waals surface area contributed by atoms with Gasteiger partial charge in [0.1, 0.15) is 6.79 Å². The lowest BCUT2D eigenvalue weighted by Gasteiger charge is -2.31. The molecule has 0 aromatic carbocycles. The molecule has 0 aliphatic carbocycles. The molecule has 0 radical (unpaired) electrons. The van der Waals surface area contributed by atoms with Crippen molar-refractivity contribution < 1.29 is 91.3 Å². The molecule has 0 heterocycles. The Morgan fingerprint density at radius 2 is 0.972 bits per heavy atom. The van der Waals surface area contributed by atoms with Gasteiger partial charge >= 0.3 is 36.2 Å². The van der Waals surface area contributed by atoms with E-state index in [0.29, 0.717) is 6.92 Å². The minimum atomic E-state index is -4.45. The molecule has 0 aromatic heterocycles. The summed E-state index contributed by atoms with van der Waals surface area (Å²) in [6.45, 7) is -3.75. The largest absolute Gasteiger partial charge is 0.429 e. The average molecular weight is 570 g/mol. The van der Waals surface area contributed by atoms with Crippen molar-refractivity contribution in [3.8, 4) is 0 Å². The normalized spacial score (nSPS) is 14.6. The molecule has 0 fully saturated rings. The molecule has 0 spiro atoms. The van der Waals surface area contributed by atoms with Crippen LogP contribution < -0.4 is 0 Å². The third-order valence-electron chi connectivity index (χ3n) is 2.99. The van der Waals surface area contributed by atoms with Crippen molar-refractivity contribution in [3.63, 3.8) is 0 Å². The van der Waals surface area contributed by atoms with Crippen molar-refractivity contribution in [1.82, 2.24) is 0 Å². The zero-order valence-electron chi connectivity index (χ0n) is 18.7. The van der Waals surface area contributed by atoms with E-state index in [4.69, 9.17) is 10.2 Å². The Hall–Kier alpha value is -2.00. The maximum Gasteiger partial charge on any atom is 0.416 e. The van der Waals surface area contributed by atoms with Crippen LogP contribution in [0.25, 0.3) is 0 Å². The molecule has 2 atom stereocenters. The highest BCUT2D eigenvalue weighted by Crippen LogP contribution is 2.36. The molecule has 0 aromatic rings. The van der Waals surface area contributed by atoms with Crippen molar-refractivity contribution in [2.24, 2.45) is 0 Å². The van der Waals surface area contributed by atoms with Gasteiger partial charge in [-0.05, 0) is 0 Å². The first-order valence-corrected chi connectivity index (χ1v) is 8.56. The van der Waals surface area contributed by atoms with Crippen LogP contribution in [0.2, 0.25) is 0 Å². The molecule has 0 rings (SSSR count). The summed E-state index contributed by atoms with van der Waals surface area (Å²) < 4.78 is 169. The number of aliphatic hydroxyl groups is 2. The van der Waals surface area contributed by atoms with E-state index in [0.717, 1.165) is 7.11 Å². The van der Waals surface area contributed by atoms with Crippen LogP contribution in [-0.4, -0.2) is 68.2 Å². The lowest BCUT2D eigenvalue weighted by atomic mass is 10.2. The second-order valence-electron chi connectivity index (χ2n) is 5.81. The summed E-state index contributed by atoms with van der Waals surface area (Å²) in [6.07, 6.45) is -10.0. The molecule has 20 heteroatoms. The van der Waals surface area contributed by atoms with Crippen LogP contribution in [0.15, 0.2) is 24.2 Å². The number of hydrogen-bond acceptors (Lipinski definition) is 8. The predicted molar refractivity (Wildman–Crippen MR) is 91.6 cm³/mol. The van der Waals surface area contributed by atoms with Crippen molar-refractivity contribution in [2.45, 2.75) is 44.5 Å². The number of aliphatic hydroxyl groups excluding tert-OH is 1. The first kappa shape index (κ1) is 38.5. The number of ether oxygens (including phenoxy) is 6. The number of rotatable bonds is 13. The van der Waals surface area contributed by atoms with Gasteiger partial charge in [-0.3, -0.25) is 4.74 Å². The van der Waals surface area contributed by atoms with Crippen LogP contribution >= 0.6 is 0 Å². The zero-order chi connectivity index (χ0) is 29.4. The molecular weight excluding hydrogens is 548 g/mol. The monoisotopic (exact) mass is 570 g/mol.